The summed E-state index contributed by atoms with van der Waals surface area (Å²) < 4.78 is 6.17. The number of rotatable bonds is 4. The third-order valence-electron chi connectivity index (χ3n) is 2.68. The van der Waals surface area contributed by atoms with E-state index in [2.05, 4.69) is 20.9 Å². The van der Waals surface area contributed by atoms with Crippen molar-refractivity contribution in [1.82, 2.24) is 4.98 Å². The molecule has 1 heterocycles. The minimum Gasteiger partial charge on any atom is -0.496 e. The van der Waals surface area contributed by atoms with Crippen LogP contribution in [0.4, 0.5) is 0 Å². The van der Waals surface area contributed by atoms with E-state index in [1.54, 1.807) is 13.3 Å². The van der Waals surface area contributed by atoms with Crippen LogP contribution in [0.15, 0.2) is 47.1 Å². The van der Waals surface area contributed by atoms with Crippen LogP contribution in [0.1, 0.15) is 17.4 Å². The molecule has 4 heteroatoms. The van der Waals surface area contributed by atoms with E-state index >= 15 is 0 Å². The van der Waals surface area contributed by atoms with Crippen molar-refractivity contribution in [3.8, 4) is 5.75 Å². The van der Waals surface area contributed by atoms with Crippen LogP contribution in [-0.4, -0.2) is 17.2 Å². The van der Waals surface area contributed by atoms with Crippen molar-refractivity contribution in [3.05, 3.63) is 58.3 Å². The molecule has 0 aliphatic carbocycles. The lowest BCUT2D eigenvalue weighted by Gasteiger charge is -2.14. The van der Waals surface area contributed by atoms with Crippen LogP contribution in [0, 0.1) is 0 Å². The van der Waals surface area contributed by atoms with Crippen LogP contribution in [0.2, 0.25) is 0 Å². The predicted molar refractivity (Wildman–Crippen MR) is 73.6 cm³/mol. The number of aromatic nitrogens is 1. The smallest absolute Gasteiger partial charge is 0.124 e. The lowest BCUT2D eigenvalue weighted by atomic mass is 10.0. The number of hydrogen-bond donors (Lipinski definition) is 1. The molecule has 0 bridgehead atoms. The zero-order valence-corrected chi connectivity index (χ0v) is 11.6. The molecule has 0 amide bonds. The SMILES string of the molecule is COc1ccc(Br)cc1C(O)Cc1ccccn1. The van der Waals surface area contributed by atoms with Gasteiger partial charge in [0.15, 0.2) is 0 Å². The first-order valence-electron chi connectivity index (χ1n) is 5.62. The largest absolute Gasteiger partial charge is 0.496 e. The fraction of sp³-hybridized carbons (Fsp3) is 0.214. The first kappa shape index (κ1) is 13.1. The number of nitrogens with zero attached hydrogens (tertiary/aromatic N) is 1. The van der Waals surface area contributed by atoms with Gasteiger partial charge >= 0.3 is 0 Å². The normalized spacial score (nSPS) is 12.2. The average Bonchev–Trinajstić information content (AvgIpc) is 2.40. The first-order valence-corrected chi connectivity index (χ1v) is 6.41. The molecule has 0 aliphatic rings. The highest BCUT2D eigenvalue weighted by atomic mass is 79.9. The van der Waals surface area contributed by atoms with Gasteiger partial charge in [-0.3, -0.25) is 4.98 Å². The highest BCUT2D eigenvalue weighted by Crippen LogP contribution is 2.30. The average molecular weight is 308 g/mol. The van der Waals surface area contributed by atoms with Crippen LogP contribution in [0.3, 0.4) is 0 Å². The number of benzene rings is 1. The van der Waals surface area contributed by atoms with Gasteiger partial charge in [0.2, 0.25) is 0 Å². The van der Waals surface area contributed by atoms with E-state index in [0.29, 0.717) is 12.2 Å². The fourth-order valence-corrected chi connectivity index (χ4v) is 2.17. The Balaban J connectivity index is 2.23. The lowest BCUT2D eigenvalue weighted by Crippen LogP contribution is -2.05. The summed E-state index contributed by atoms with van der Waals surface area (Å²) in [6.07, 6.45) is 1.56. The maximum absolute atomic E-state index is 10.3. The van der Waals surface area contributed by atoms with Crippen molar-refractivity contribution in [2.45, 2.75) is 12.5 Å². The van der Waals surface area contributed by atoms with E-state index in [1.165, 1.54) is 0 Å². The quantitative estimate of drug-likeness (QED) is 0.943. The number of aliphatic hydroxyl groups is 1. The number of pyridine rings is 1. The van der Waals surface area contributed by atoms with Crippen molar-refractivity contribution >= 4 is 15.9 Å². The van der Waals surface area contributed by atoms with E-state index in [-0.39, 0.29) is 0 Å². The van der Waals surface area contributed by atoms with E-state index < -0.39 is 6.10 Å². The molecule has 94 valence electrons. The number of ether oxygens (including phenoxy) is 1. The summed E-state index contributed by atoms with van der Waals surface area (Å²) in [6, 6.07) is 11.2. The molecule has 0 saturated heterocycles. The molecule has 1 aromatic heterocycles. The summed E-state index contributed by atoms with van der Waals surface area (Å²) in [5.74, 6) is 0.682. The summed E-state index contributed by atoms with van der Waals surface area (Å²) in [5.41, 5.74) is 1.62. The summed E-state index contributed by atoms with van der Waals surface area (Å²) in [7, 11) is 1.60. The number of aliphatic hydroxyl groups excluding tert-OH is 1. The maximum atomic E-state index is 10.3. The Labute approximate surface area is 115 Å². The minimum atomic E-state index is -0.632. The molecule has 1 atom stereocenters. The summed E-state index contributed by atoms with van der Waals surface area (Å²) in [5, 5.41) is 10.3. The Bertz CT molecular complexity index is 516. The van der Waals surface area contributed by atoms with Crippen LogP contribution in [-0.2, 0) is 6.42 Å². The number of methoxy groups -OCH3 is 1. The zero-order valence-electron chi connectivity index (χ0n) is 10.0. The summed E-state index contributed by atoms with van der Waals surface area (Å²) in [6.45, 7) is 0. The van der Waals surface area contributed by atoms with Gasteiger partial charge in [0.05, 0.1) is 13.2 Å². The summed E-state index contributed by atoms with van der Waals surface area (Å²) in [4.78, 5) is 4.21. The van der Waals surface area contributed by atoms with Crippen molar-refractivity contribution in [2.75, 3.05) is 7.11 Å². The molecular weight excluding hydrogens is 294 g/mol. The highest BCUT2D eigenvalue weighted by Gasteiger charge is 2.14. The molecule has 0 radical (unpaired) electrons. The topological polar surface area (TPSA) is 42.4 Å². The Morgan fingerprint density at radius 2 is 2.17 bits per heavy atom. The minimum absolute atomic E-state index is 0.466. The van der Waals surface area contributed by atoms with Crippen LogP contribution < -0.4 is 4.74 Å². The molecule has 0 aliphatic heterocycles. The van der Waals surface area contributed by atoms with Gasteiger partial charge in [-0.15, -0.1) is 0 Å². The second-order valence-corrected chi connectivity index (χ2v) is 4.84. The van der Waals surface area contributed by atoms with Gasteiger partial charge in [0, 0.05) is 28.3 Å². The van der Waals surface area contributed by atoms with E-state index in [9.17, 15) is 5.11 Å². The van der Waals surface area contributed by atoms with Crippen LogP contribution >= 0.6 is 15.9 Å². The van der Waals surface area contributed by atoms with Gasteiger partial charge in [-0.2, -0.15) is 0 Å². The second-order valence-electron chi connectivity index (χ2n) is 3.93. The molecular formula is C14H14BrNO2. The third-order valence-corrected chi connectivity index (χ3v) is 3.17. The maximum Gasteiger partial charge on any atom is 0.124 e. The van der Waals surface area contributed by atoms with Gasteiger partial charge in [-0.25, -0.2) is 0 Å². The van der Waals surface area contributed by atoms with Crippen molar-refractivity contribution in [2.24, 2.45) is 0 Å². The molecule has 18 heavy (non-hydrogen) atoms. The summed E-state index contributed by atoms with van der Waals surface area (Å²) >= 11 is 3.40. The lowest BCUT2D eigenvalue weighted by molar-refractivity contribution is 0.172. The number of hydrogen-bond acceptors (Lipinski definition) is 3. The highest BCUT2D eigenvalue weighted by molar-refractivity contribution is 9.10. The molecule has 1 N–H and O–H groups in total. The molecule has 1 aromatic carbocycles. The van der Waals surface area contributed by atoms with Crippen molar-refractivity contribution < 1.29 is 9.84 Å². The Kier molecular flexibility index (Phi) is 4.33. The standard InChI is InChI=1S/C14H14BrNO2/c1-18-14-6-5-10(15)8-12(14)13(17)9-11-4-2-3-7-16-11/h2-8,13,17H,9H2,1H3. The van der Waals surface area contributed by atoms with Crippen LogP contribution in [0.5, 0.6) is 5.75 Å². The van der Waals surface area contributed by atoms with Gasteiger partial charge in [-0.05, 0) is 30.3 Å². The molecule has 0 saturated carbocycles. The monoisotopic (exact) mass is 307 g/mol. The number of halogens is 1. The Morgan fingerprint density at radius 1 is 1.33 bits per heavy atom. The van der Waals surface area contributed by atoms with Gasteiger partial charge in [0.25, 0.3) is 0 Å². The van der Waals surface area contributed by atoms with E-state index in [4.69, 9.17) is 4.74 Å². The molecule has 0 spiro atoms. The molecule has 2 aromatic rings. The molecule has 1 unspecified atom stereocenters. The zero-order chi connectivity index (χ0) is 13.0. The van der Waals surface area contributed by atoms with E-state index in [1.807, 2.05) is 36.4 Å². The first-order chi connectivity index (χ1) is 8.70. The fourth-order valence-electron chi connectivity index (χ4n) is 1.79. The van der Waals surface area contributed by atoms with Crippen molar-refractivity contribution in [3.63, 3.8) is 0 Å². The van der Waals surface area contributed by atoms with Gasteiger partial charge in [0.1, 0.15) is 5.75 Å². The predicted octanol–water partition coefficient (Wildman–Crippen LogP) is 3.13. The third kappa shape index (κ3) is 3.09. The van der Waals surface area contributed by atoms with Gasteiger partial charge in [-0.1, -0.05) is 22.0 Å². The Morgan fingerprint density at radius 3 is 2.83 bits per heavy atom. The van der Waals surface area contributed by atoms with Gasteiger partial charge < -0.3 is 9.84 Å². The van der Waals surface area contributed by atoms with Crippen LogP contribution in [0.25, 0.3) is 0 Å². The Hall–Kier alpha value is -1.39. The molecule has 0 fully saturated rings. The second kappa shape index (κ2) is 5.98. The van der Waals surface area contributed by atoms with Crippen molar-refractivity contribution in [1.29, 1.82) is 0 Å². The molecule has 3 nitrogen and oxygen atoms in total. The molecule has 2 rings (SSSR count). The van der Waals surface area contributed by atoms with E-state index in [0.717, 1.165) is 15.7 Å².